The van der Waals surface area contributed by atoms with Crippen LogP contribution in [0, 0.1) is 6.92 Å². The second kappa shape index (κ2) is 10.4. The summed E-state index contributed by atoms with van der Waals surface area (Å²) >= 11 is 5.92. The third-order valence-electron chi connectivity index (χ3n) is 4.46. The van der Waals surface area contributed by atoms with Gasteiger partial charge in [-0.1, -0.05) is 41.4 Å². The van der Waals surface area contributed by atoms with E-state index in [1.54, 1.807) is 43.3 Å². The third-order valence-corrected chi connectivity index (χ3v) is 6.44. The zero-order valence-electron chi connectivity index (χ0n) is 17.9. The Morgan fingerprint density at radius 3 is 2.24 bits per heavy atom. The minimum absolute atomic E-state index is 0.0139. The highest BCUT2D eigenvalue weighted by molar-refractivity contribution is 7.93. The summed E-state index contributed by atoms with van der Waals surface area (Å²) in [6.45, 7) is 3.98. The number of rotatable bonds is 6. The van der Waals surface area contributed by atoms with Gasteiger partial charge in [-0.15, -0.1) is 0 Å². The maximum absolute atomic E-state index is 13.3. The molecule has 0 aliphatic carbocycles. The number of para-hydroxylation sites is 2. The number of nitrogens with zero attached hydrogens (tertiary/aromatic N) is 1. The smallest absolute Gasteiger partial charge is 0.344 e. The standard InChI is InChI=1S/C23H22ClN3O5S/c1-3-32-21-7-5-4-6-20(21)25-22(28)26-23(29)27(18-12-10-17(24)11-13-18)33(30,31)19-14-8-16(2)9-15-19/h4-15H,3H2,1-2H3,(H2,25,26,28,29). The number of carbonyl (C=O) groups excluding carboxylic acids is 2. The molecule has 0 saturated heterocycles. The summed E-state index contributed by atoms with van der Waals surface area (Å²) < 4.78 is 32.6. The Balaban J connectivity index is 1.91. The number of halogens is 1. The van der Waals surface area contributed by atoms with Crippen LogP contribution in [0.4, 0.5) is 21.0 Å². The Morgan fingerprint density at radius 1 is 0.970 bits per heavy atom. The molecule has 3 aromatic carbocycles. The van der Waals surface area contributed by atoms with Gasteiger partial charge in [-0.3, -0.25) is 5.32 Å². The summed E-state index contributed by atoms with van der Waals surface area (Å²) in [6, 6.07) is 16.2. The van der Waals surface area contributed by atoms with Gasteiger partial charge in [0.15, 0.2) is 0 Å². The normalized spacial score (nSPS) is 10.9. The summed E-state index contributed by atoms with van der Waals surface area (Å²) in [6.07, 6.45) is 0. The van der Waals surface area contributed by atoms with E-state index in [0.29, 0.717) is 27.4 Å². The molecule has 172 valence electrons. The fraction of sp³-hybridized carbons (Fsp3) is 0.130. The minimum Gasteiger partial charge on any atom is -0.492 e. The number of sulfonamides is 1. The lowest BCUT2D eigenvalue weighted by Gasteiger charge is -2.23. The van der Waals surface area contributed by atoms with Gasteiger partial charge in [0.1, 0.15) is 5.75 Å². The molecule has 0 atom stereocenters. The molecule has 0 aliphatic heterocycles. The van der Waals surface area contributed by atoms with Crippen LogP contribution < -0.4 is 19.7 Å². The number of hydrogen-bond donors (Lipinski definition) is 2. The minimum atomic E-state index is -4.34. The highest BCUT2D eigenvalue weighted by atomic mass is 35.5. The van der Waals surface area contributed by atoms with E-state index in [-0.39, 0.29) is 10.6 Å². The number of urea groups is 2. The quantitative estimate of drug-likeness (QED) is 0.498. The molecule has 0 aromatic heterocycles. The lowest BCUT2D eigenvalue weighted by molar-refractivity contribution is 0.238. The molecule has 8 nitrogen and oxygen atoms in total. The number of imide groups is 1. The number of carbonyl (C=O) groups is 2. The van der Waals surface area contributed by atoms with E-state index >= 15 is 0 Å². The summed E-state index contributed by atoms with van der Waals surface area (Å²) in [5.41, 5.74) is 1.19. The van der Waals surface area contributed by atoms with Gasteiger partial charge >= 0.3 is 12.1 Å². The summed E-state index contributed by atoms with van der Waals surface area (Å²) in [7, 11) is -4.34. The van der Waals surface area contributed by atoms with Crippen molar-refractivity contribution in [2.75, 3.05) is 16.2 Å². The van der Waals surface area contributed by atoms with Gasteiger partial charge in [-0.25, -0.2) is 18.0 Å². The van der Waals surface area contributed by atoms with E-state index in [9.17, 15) is 18.0 Å². The molecule has 0 radical (unpaired) electrons. The Morgan fingerprint density at radius 2 is 1.61 bits per heavy atom. The Labute approximate surface area is 197 Å². The van der Waals surface area contributed by atoms with Crippen LogP contribution in [-0.4, -0.2) is 27.1 Å². The zero-order chi connectivity index (χ0) is 24.0. The van der Waals surface area contributed by atoms with Gasteiger partial charge in [0.25, 0.3) is 10.0 Å². The van der Waals surface area contributed by atoms with Crippen LogP contribution in [0.1, 0.15) is 12.5 Å². The van der Waals surface area contributed by atoms with Crippen molar-refractivity contribution in [1.29, 1.82) is 0 Å². The molecule has 3 aromatic rings. The Hall–Kier alpha value is -3.56. The topological polar surface area (TPSA) is 105 Å². The van der Waals surface area contributed by atoms with Crippen LogP contribution in [0.5, 0.6) is 5.75 Å². The number of anilines is 2. The number of benzene rings is 3. The molecule has 2 N–H and O–H groups in total. The van der Waals surface area contributed by atoms with Crippen molar-refractivity contribution in [1.82, 2.24) is 5.32 Å². The molecule has 10 heteroatoms. The molecular formula is C23H22ClN3O5S. The van der Waals surface area contributed by atoms with Gasteiger partial charge < -0.3 is 10.1 Å². The predicted octanol–water partition coefficient (Wildman–Crippen LogP) is 5.18. The van der Waals surface area contributed by atoms with Crippen molar-refractivity contribution in [3.8, 4) is 5.75 Å². The average Bonchev–Trinajstić information content (AvgIpc) is 2.77. The van der Waals surface area contributed by atoms with Crippen LogP contribution in [-0.2, 0) is 10.0 Å². The summed E-state index contributed by atoms with van der Waals surface area (Å²) in [5, 5.41) is 4.93. The fourth-order valence-corrected chi connectivity index (χ4v) is 4.39. The van der Waals surface area contributed by atoms with Crippen LogP contribution in [0.3, 0.4) is 0 Å². The zero-order valence-corrected chi connectivity index (χ0v) is 19.5. The van der Waals surface area contributed by atoms with Crippen molar-refractivity contribution >= 4 is 45.1 Å². The molecule has 4 amide bonds. The SMILES string of the molecule is CCOc1ccccc1NC(=O)NC(=O)N(c1ccc(Cl)cc1)S(=O)(=O)c1ccc(C)cc1. The molecule has 33 heavy (non-hydrogen) atoms. The molecule has 0 unspecified atom stereocenters. The Bertz CT molecular complexity index is 1250. The van der Waals surface area contributed by atoms with Gasteiger partial charge in [-0.05, 0) is 62.4 Å². The summed E-state index contributed by atoms with van der Waals surface area (Å²) in [4.78, 5) is 25.5. The van der Waals surface area contributed by atoms with Crippen LogP contribution >= 0.6 is 11.6 Å². The van der Waals surface area contributed by atoms with Crippen LogP contribution in [0.25, 0.3) is 0 Å². The largest absolute Gasteiger partial charge is 0.492 e. The number of ether oxygens (including phenoxy) is 1. The van der Waals surface area contributed by atoms with Gasteiger partial charge in [0.2, 0.25) is 0 Å². The monoisotopic (exact) mass is 487 g/mol. The van der Waals surface area contributed by atoms with Gasteiger partial charge in [-0.2, -0.15) is 4.31 Å². The second-order valence-electron chi connectivity index (χ2n) is 6.87. The summed E-state index contributed by atoms with van der Waals surface area (Å²) in [5.74, 6) is 0.407. The van der Waals surface area contributed by atoms with E-state index in [4.69, 9.17) is 16.3 Å². The fourth-order valence-electron chi connectivity index (χ4n) is 2.91. The number of aryl methyl sites for hydroxylation is 1. The van der Waals surface area contributed by atoms with E-state index in [2.05, 4.69) is 10.6 Å². The van der Waals surface area contributed by atoms with Crippen molar-refractivity contribution in [2.24, 2.45) is 0 Å². The van der Waals surface area contributed by atoms with Crippen molar-refractivity contribution in [3.63, 3.8) is 0 Å². The molecule has 3 rings (SSSR count). The van der Waals surface area contributed by atoms with Gasteiger partial charge in [0.05, 0.1) is 22.9 Å². The molecule has 0 aliphatic rings. The lowest BCUT2D eigenvalue weighted by Crippen LogP contribution is -2.47. The first kappa shape index (κ1) is 24.1. The number of hydrogen-bond acceptors (Lipinski definition) is 5. The highest BCUT2D eigenvalue weighted by Crippen LogP contribution is 2.26. The van der Waals surface area contributed by atoms with Crippen molar-refractivity contribution in [3.05, 3.63) is 83.4 Å². The molecule has 0 fully saturated rings. The molecule has 0 bridgehead atoms. The Kier molecular flexibility index (Phi) is 7.57. The van der Waals surface area contributed by atoms with Gasteiger partial charge in [0, 0.05) is 5.02 Å². The first-order valence-electron chi connectivity index (χ1n) is 9.93. The molecular weight excluding hydrogens is 466 g/mol. The maximum Gasteiger partial charge on any atom is 0.344 e. The highest BCUT2D eigenvalue weighted by Gasteiger charge is 2.32. The second-order valence-corrected chi connectivity index (χ2v) is 9.10. The van der Waals surface area contributed by atoms with E-state index in [1.807, 2.05) is 6.92 Å². The lowest BCUT2D eigenvalue weighted by atomic mass is 10.2. The van der Waals surface area contributed by atoms with Crippen LogP contribution in [0.15, 0.2) is 77.7 Å². The predicted molar refractivity (Wildman–Crippen MR) is 127 cm³/mol. The number of amides is 4. The molecule has 0 spiro atoms. The first-order chi connectivity index (χ1) is 15.7. The van der Waals surface area contributed by atoms with E-state index in [1.165, 1.54) is 36.4 Å². The average molecular weight is 488 g/mol. The van der Waals surface area contributed by atoms with E-state index in [0.717, 1.165) is 5.56 Å². The first-order valence-corrected chi connectivity index (χ1v) is 11.8. The van der Waals surface area contributed by atoms with E-state index < -0.39 is 22.1 Å². The molecule has 0 heterocycles. The molecule has 0 saturated carbocycles. The number of nitrogens with one attached hydrogen (secondary N) is 2. The van der Waals surface area contributed by atoms with Crippen LogP contribution in [0.2, 0.25) is 5.02 Å². The third kappa shape index (κ3) is 5.82. The van der Waals surface area contributed by atoms with Crippen molar-refractivity contribution < 1.29 is 22.7 Å². The maximum atomic E-state index is 13.3. The van der Waals surface area contributed by atoms with Crippen molar-refractivity contribution in [2.45, 2.75) is 18.7 Å².